The van der Waals surface area contributed by atoms with E-state index in [1.807, 2.05) is 43.3 Å². The van der Waals surface area contributed by atoms with Gasteiger partial charge in [-0.2, -0.15) is 0 Å². The van der Waals surface area contributed by atoms with Crippen molar-refractivity contribution in [2.75, 3.05) is 25.1 Å². The molecule has 3 rings (SSSR count). The second kappa shape index (κ2) is 9.76. The van der Waals surface area contributed by atoms with E-state index in [0.29, 0.717) is 10.9 Å². The van der Waals surface area contributed by atoms with Crippen LogP contribution in [-0.2, 0) is 16.0 Å². The van der Waals surface area contributed by atoms with Crippen molar-refractivity contribution in [1.29, 1.82) is 0 Å². The van der Waals surface area contributed by atoms with Crippen molar-refractivity contribution in [2.45, 2.75) is 26.2 Å². The van der Waals surface area contributed by atoms with Crippen molar-refractivity contribution in [2.24, 2.45) is 5.92 Å². The van der Waals surface area contributed by atoms with E-state index in [1.54, 1.807) is 6.07 Å². The summed E-state index contributed by atoms with van der Waals surface area (Å²) >= 11 is 6.13. The molecule has 0 radical (unpaired) electrons. The summed E-state index contributed by atoms with van der Waals surface area (Å²) in [5.41, 5.74) is 4.64. The lowest BCUT2D eigenvalue weighted by Gasteiger charge is -2.23. The monoisotopic (exact) mass is 398 g/mol. The fourth-order valence-electron chi connectivity index (χ4n) is 3.41. The molecule has 2 N–H and O–H groups in total. The van der Waals surface area contributed by atoms with E-state index in [9.17, 15) is 4.79 Å². The Morgan fingerprint density at radius 3 is 2.68 bits per heavy atom. The SMILES string of the molecule is C=C(NCC1CCOCC1)c1ccc(NC(=O)Cc2ccccc2Cl)cc1C. The molecule has 1 aliphatic heterocycles. The highest BCUT2D eigenvalue weighted by atomic mass is 35.5. The number of aryl methyl sites for hydroxylation is 1. The normalized spacial score (nSPS) is 14.5. The van der Waals surface area contributed by atoms with Crippen LogP contribution in [0.15, 0.2) is 49.0 Å². The summed E-state index contributed by atoms with van der Waals surface area (Å²) in [6.07, 6.45) is 2.44. The molecule has 2 aromatic carbocycles. The Balaban J connectivity index is 1.56. The number of rotatable bonds is 7. The number of amides is 1. The molecule has 0 spiro atoms. The predicted molar refractivity (Wildman–Crippen MR) is 116 cm³/mol. The van der Waals surface area contributed by atoms with E-state index in [1.165, 1.54) is 0 Å². The lowest BCUT2D eigenvalue weighted by atomic mass is 9.99. The van der Waals surface area contributed by atoms with Gasteiger partial charge in [-0.3, -0.25) is 4.79 Å². The van der Waals surface area contributed by atoms with E-state index in [4.69, 9.17) is 16.3 Å². The minimum absolute atomic E-state index is 0.0864. The van der Waals surface area contributed by atoms with Gasteiger partial charge in [0.15, 0.2) is 0 Å². The van der Waals surface area contributed by atoms with E-state index < -0.39 is 0 Å². The number of halogens is 1. The van der Waals surface area contributed by atoms with Gasteiger partial charge in [0, 0.05) is 41.7 Å². The Morgan fingerprint density at radius 2 is 1.96 bits per heavy atom. The summed E-state index contributed by atoms with van der Waals surface area (Å²) in [6, 6.07) is 13.3. The molecular weight excluding hydrogens is 372 g/mol. The van der Waals surface area contributed by atoms with Crippen molar-refractivity contribution in [3.63, 3.8) is 0 Å². The highest BCUT2D eigenvalue weighted by molar-refractivity contribution is 6.31. The molecule has 1 aliphatic rings. The number of anilines is 1. The van der Waals surface area contributed by atoms with Gasteiger partial charge in [-0.1, -0.05) is 42.4 Å². The highest BCUT2D eigenvalue weighted by Crippen LogP contribution is 2.22. The van der Waals surface area contributed by atoms with Crippen LogP contribution < -0.4 is 10.6 Å². The van der Waals surface area contributed by atoms with Crippen LogP contribution in [0.3, 0.4) is 0 Å². The van der Waals surface area contributed by atoms with Gasteiger partial charge < -0.3 is 15.4 Å². The van der Waals surface area contributed by atoms with E-state index in [0.717, 1.165) is 60.7 Å². The van der Waals surface area contributed by atoms with E-state index >= 15 is 0 Å². The third-order valence-corrected chi connectivity index (χ3v) is 5.46. The molecule has 0 aromatic heterocycles. The van der Waals surface area contributed by atoms with Gasteiger partial charge in [-0.05, 0) is 55.0 Å². The molecule has 0 bridgehead atoms. The molecule has 0 atom stereocenters. The van der Waals surface area contributed by atoms with Crippen molar-refractivity contribution >= 4 is 28.9 Å². The molecule has 2 aromatic rings. The fraction of sp³-hybridized carbons (Fsp3) is 0.348. The summed E-state index contributed by atoms with van der Waals surface area (Å²) < 4.78 is 5.41. The number of ether oxygens (including phenoxy) is 1. The maximum atomic E-state index is 12.3. The number of nitrogens with one attached hydrogen (secondary N) is 2. The molecule has 28 heavy (non-hydrogen) atoms. The van der Waals surface area contributed by atoms with Crippen molar-refractivity contribution < 1.29 is 9.53 Å². The minimum atomic E-state index is -0.0864. The van der Waals surface area contributed by atoms with Gasteiger partial charge in [0.2, 0.25) is 5.91 Å². The minimum Gasteiger partial charge on any atom is -0.385 e. The number of hydrogen-bond donors (Lipinski definition) is 2. The number of carbonyl (C=O) groups excluding carboxylic acids is 1. The largest absolute Gasteiger partial charge is 0.385 e. The quantitative estimate of drug-likeness (QED) is 0.703. The first-order chi connectivity index (χ1) is 13.5. The molecule has 148 valence electrons. The Hall–Kier alpha value is -2.30. The molecular formula is C23H27ClN2O2. The summed E-state index contributed by atoms with van der Waals surface area (Å²) in [7, 11) is 0. The number of carbonyl (C=O) groups is 1. The second-order valence-electron chi connectivity index (χ2n) is 7.26. The molecule has 0 unspecified atom stereocenters. The van der Waals surface area contributed by atoms with Crippen LogP contribution in [0.5, 0.6) is 0 Å². The van der Waals surface area contributed by atoms with Gasteiger partial charge in [-0.15, -0.1) is 0 Å². The van der Waals surface area contributed by atoms with Gasteiger partial charge in [-0.25, -0.2) is 0 Å². The maximum absolute atomic E-state index is 12.3. The first kappa shape index (κ1) is 20.4. The Kier molecular flexibility index (Phi) is 7.12. The summed E-state index contributed by atoms with van der Waals surface area (Å²) in [6.45, 7) is 8.82. The third kappa shape index (κ3) is 5.60. The molecule has 1 heterocycles. The average molecular weight is 399 g/mol. The van der Waals surface area contributed by atoms with Crippen LogP contribution in [0.1, 0.15) is 29.5 Å². The molecule has 0 aliphatic carbocycles. The Bertz CT molecular complexity index is 844. The van der Waals surface area contributed by atoms with Crippen LogP contribution in [0.25, 0.3) is 5.70 Å². The lowest BCUT2D eigenvalue weighted by Crippen LogP contribution is -2.26. The summed E-state index contributed by atoms with van der Waals surface area (Å²) in [5, 5.41) is 7.01. The van der Waals surface area contributed by atoms with Crippen molar-refractivity contribution in [3.8, 4) is 0 Å². The Labute approximate surface area is 171 Å². The summed E-state index contributed by atoms with van der Waals surface area (Å²) in [5.74, 6) is 0.547. The highest BCUT2D eigenvalue weighted by Gasteiger charge is 2.14. The van der Waals surface area contributed by atoms with Crippen molar-refractivity contribution in [3.05, 3.63) is 70.8 Å². The van der Waals surface area contributed by atoms with Gasteiger partial charge >= 0.3 is 0 Å². The number of hydrogen-bond acceptors (Lipinski definition) is 3. The summed E-state index contributed by atoms with van der Waals surface area (Å²) in [4.78, 5) is 12.3. The lowest BCUT2D eigenvalue weighted by molar-refractivity contribution is -0.115. The number of benzene rings is 2. The van der Waals surface area contributed by atoms with Crippen molar-refractivity contribution in [1.82, 2.24) is 5.32 Å². The fourth-order valence-corrected chi connectivity index (χ4v) is 3.62. The predicted octanol–water partition coefficient (Wildman–Crippen LogP) is 4.82. The molecule has 5 heteroatoms. The maximum Gasteiger partial charge on any atom is 0.228 e. The van der Waals surface area contributed by atoms with Gasteiger partial charge in [0.1, 0.15) is 0 Å². The molecule has 1 saturated heterocycles. The topological polar surface area (TPSA) is 50.4 Å². The van der Waals surface area contributed by atoms with E-state index in [-0.39, 0.29) is 12.3 Å². The molecule has 1 amide bonds. The zero-order valence-corrected chi connectivity index (χ0v) is 17.0. The van der Waals surface area contributed by atoms with Crippen LogP contribution in [0.2, 0.25) is 5.02 Å². The van der Waals surface area contributed by atoms with Crippen LogP contribution in [0, 0.1) is 12.8 Å². The first-order valence-corrected chi connectivity index (χ1v) is 10.1. The molecule has 0 saturated carbocycles. The molecule has 4 nitrogen and oxygen atoms in total. The van der Waals surface area contributed by atoms with Gasteiger partial charge in [0.25, 0.3) is 0 Å². The second-order valence-corrected chi connectivity index (χ2v) is 7.67. The Morgan fingerprint density at radius 1 is 1.21 bits per heavy atom. The van der Waals surface area contributed by atoms with E-state index in [2.05, 4.69) is 17.2 Å². The average Bonchev–Trinajstić information content (AvgIpc) is 2.69. The van der Waals surface area contributed by atoms with Crippen LogP contribution in [0.4, 0.5) is 5.69 Å². The smallest absolute Gasteiger partial charge is 0.228 e. The third-order valence-electron chi connectivity index (χ3n) is 5.09. The van der Waals surface area contributed by atoms with Gasteiger partial charge in [0.05, 0.1) is 6.42 Å². The first-order valence-electron chi connectivity index (χ1n) is 9.67. The van der Waals surface area contributed by atoms with Crippen LogP contribution in [-0.4, -0.2) is 25.7 Å². The van der Waals surface area contributed by atoms with Crippen LogP contribution >= 0.6 is 11.6 Å². The standard InChI is InChI=1S/C23H27ClN2O2/c1-16-13-20(26-23(27)14-19-5-3-4-6-22(19)24)7-8-21(16)17(2)25-15-18-9-11-28-12-10-18/h3-8,13,18,25H,2,9-12,14-15H2,1H3,(H,26,27). The molecule has 1 fully saturated rings. The zero-order valence-electron chi connectivity index (χ0n) is 16.3. The zero-order chi connectivity index (χ0) is 19.9.